The molecule has 0 aliphatic rings. The maximum atomic E-state index is 12.7. The predicted molar refractivity (Wildman–Crippen MR) is 104 cm³/mol. The van der Waals surface area contributed by atoms with Crippen molar-refractivity contribution in [2.24, 2.45) is 0 Å². The number of aromatic amines is 1. The van der Waals surface area contributed by atoms with Gasteiger partial charge in [-0.3, -0.25) is 4.79 Å². The predicted octanol–water partition coefficient (Wildman–Crippen LogP) is 3.83. The molecule has 2 heterocycles. The average Bonchev–Trinajstić information content (AvgIpc) is 3.38. The maximum absolute atomic E-state index is 12.7. The third-order valence-electron chi connectivity index (χ3n) is 4.41. The van der Waals surface area contributed by atoms with Gasteiger partial charge in [0.25, 0.3) is 5.91 Å². The van der Waals surface area contributed by atoms with Crippen molar-refractivity contribution in [2.45, 2.75) is 19.8 Å². The number of hydrogen-bond donors (Lipinski definition) is 2. The summed E-state index contributed by atoms with van der Waals surface area (Å²) < 4.78 is 11.2. The number of tetrazole rings is 1. The normalized spacial score (nSPS) is 10.9. The lowest BCUT2D eigenvalue weighted by atomic mass is 10.1. The van der Waals surface area contributed by atoms with Gasteiger partial charge in [-0.15, -0.1) is 10.2 Å². The molecule has 8 nitrogen and oxygen atoms in total. The lowest BCUT2D eigenvalue weighted by Gasteiger charge is -2.11. The molecular formula is C20H19N5O3. The molecule has 8 heteroatoms. The first-order valence-electron chi connectivity index (χ1n) is 8.93. The van der Waals surface area contributed by atoms with Gasteiger partial charge in [-0.2, -0.15) is 5.21 Å². The SMILES string of the molecule is CCCc1ccc(NC(=O)c2ccc3cc(-c4nn[nH]n4)oc3c2)cc1OC. The van der Waals surface area contributed by atoms with Gasteiger partial charge in [0.15, 0.2) is 5.76 Å². The van der Waals surface area contributed by atoms with E-state index in [9.17, 15) is 4.79 Å². The minimum Gasteiger partial charge on any atom is -0.496 e. The molecule has 0 fully saturated rings. The first kappa shape index (κ1) is 17.7. The van der Waals surface area contributed by atoms with Gasteiger partial charge < -0.3 is 14.5 Å². The van der Waals surface area contributed by atoms with Crippen LogP contribution in [-0.4, -0.2) is 33.6 Å². The zero-order valence-corrected chi connectivity index (χ0v) is 15.5. The van der Waals surface area contributed by atoms with E-state index in [1.54, 1.807) is 25.3 Å². The van der Waals surface area contributed by atoms with Gasteiger partial charge in [0.2, 0.25) is 5.82 Å². The van der Waals surface area contributed by atoms with Crippen LogP contribution in [0, 0.1) is 0 Å². The Kier molecular flexibility index (Phi) is 4.76. The number of aromatic nitrogens is 4. The molecule has 1 amide bonds. The molecule has 2 N–H and O–H groups in total. The Bertz CT molecular complexity index is 1120. The number of ether oxygens (including phenoxy) is 1. The highest BCUT2D eigenvalue weighted by molar-refractivity contribution is 6.06. The molecule has 0 saturated carbocycles. The van der Waals surface area contributed by atoms with Crippen molar-refractivity contribution in [3.63, 3.8) is 0 Å². The summed E-state index contributed by atoms with van der Waals surface area (Å²) in [5.74, 6) is 1.38. The number of hydrogen-bond acceptors (Lipinski definition) is 6. The molecule has 4 rings (SSSR count). The number of carbonyl (C=O) groups excluding carboxylic acids is 1. The number of amides is 1. The van der Waals surface area contributed by atoms with E-state index in [1.807, 2.05) is 24.3 Å². The van der Waals surface area contributed by atoms with Gasteiger partial charge in [-0.25, -0.2) is 0 Å². The van der Waals surface area contributed by atoms with Crippen LogP contribution in [0.2, 0.25) is 0 Å². The molecule has 0 spiro atoms. The Morgan fingerprint density at radius 3 is 2.86 bits per heavy atom. The van der Waals surface area contributed by atoms with Crippen molar-refractivity contribution in [1.82, 2.24) is 20.6 Å². The number of nitrogens with zero attached hydrogens (tertiary/aromatic N) is 3. The maximum Gasteiger partial charge on any atom is 0.255 e. The number of nitrogens with one attached hydrogen (secondary N) is 2. The Labute approximate surface area is 160 Å². The summed E-state index contributed by atoms with van der Waals surface area (Å²) in [4.78, 5) is 12.7. The van der Waals surface area contributed by atoms with Crippen LogP contribution in [0.15, 0.2) is 46.9 Å². The fraction of sp³-hybridized carbons (Fsp3) is 0.200. The highest BCUT2D eigenvalue weighted by Gasteiger charge is 2.14. The molecule has 28 heavy (non-hydrogen) atoms. The smallest absolute Gasteiger partial charge is 0.255 e. The van der Waals surface area contributed by atoms with E-state index in [2.05, 4.69) is 32.9 Å². The van der Waals surface area contributed by atoms with Crippen molar-refractivity contribution in [3.8, 4) is 17.3 Å². The van der Waals surface area contributed by atoms with Crippen molar-refractivity contribution < 1.29 is 13.9 Å². The van der Waals surface area contributed by atoms with E-state index in [-0.39, 0.29) is 5.91 Å². The van der Waals surface area contributed by atoms with Gasteiger partial charge in [0.05, 0.1) is 7.11 Å². The molecule has 2 aromatic carbocycles. The third kappa shape index (κ3) is 3.44. The zero-order chi connectivity index (χ0) is 19.5. The topological polar surface area (TPSA) is 106 Å². The van der Waals surface area contributed by atoms with E-state index in [1.165, 1.54) is 0 Å². The monoisotopic (exact) mass is 377 g/mol. The van der Waals surface area contributed by atoms with Crippen LogP contribution in [0.25, 0.3) is 22.6 Å². The van der Waals surface area contributed by atoms with Crippen molar-refractivity contribution in [3.05, 3.63) is 53.6 Å². The van der Waals surface area contributed by atoms with Crippen LogP contribution in [0.5, 0.6) is 5.75 Å². The summed E-state index contributed by atoms with van der Waals surface area (Å²) in [6.07, 6.45) is 1.95. The third-order valence-corrected chi connectivity index (χ3v) is 4.41. The standard InChI is InChI=1S/C20H19N5O3/c1-3-4-12-7-8-15(11-16(12)27-2)21-20(26)14-6-5-13-9-18(28-17(13)10-14)19-22-24-25-23-19/h5-11H,3-4H2,1-2H3,(H,21,26)(H,22,23,24,25). The Morgan fingerprint density at radius 1 is 1.21 bits per heavy atom. The molecule has 0 unspecified atom stereocenters. The van der Waals surface area contributed by atoms with Gasteiger partial charge >= 0.3 is 0 Å². The van der Waals surface area contributed by atoms with Crippen LogP contribution < -0.4 is 10.1 Å². The van der Waals surface area contributed by atoms with E-state index in [0.29, 0.717) is 28.4 Å². The van der Waals surface area contributed by atoms with E-state index >= 15 is 0 Å². The Morgan fingerprint density at radius 2 is 2.11 bits per heavy atom. The lowest BCUT2D eigenvalue weighted by Crippen LogP contribution is -2.12. The second-order valence-electron chi connectivity index (χ2n) is 6.33. The number of furan rings is 1. The minimum atomic E-state index is -0.232. The number of anilines is 1. The van der Waals surface area contributed by atoms with E-state index in [4.69, 9.17) is 9.15 Å². The number of methoxy groups -OCH3 is 1. The molecule has 142 valence electrons. The summed E-state index contributed by atoms with van der Waals surface area (Å²) in [7, 11) is 1.63. The average molecular weight is 377 g/mol. The van der Waals surface area contributed by atoms with Gasteiger partial charge in [-0.1, -0.05) is 25.5 Å². The number of carbonyl (C=O) groups is 1. The number of benzene rings is 2. The van der Waals surface area contributed by atoms with Crippen molar-refractivity contribution in [2.75, 3.05) is 12.4 Å². The second kappa shape index (κ2) is 7.51. The van der Waals surface area contributed by atoms with Crippen LogP contribution in [0.3, 0.4) is 0 Å². The summed E-state index contributed by atoms with van der Waals surface area (Å²) in [6, 6.07) is 12.8. The summed E-state index contributed by atoms with van der Waals surface area (Å²) >= 11 is 0. The Balaban J connectivity index is 1.57. The van der Waals surface area contributed by atoms with Crippen LogP contribution in [0.1, 0.15) is 29.3 Å². The quantitative estimate of drug-likeness (QED) is 0.529. The fourth-order valence-corrected chi connectivity index (χ4v) is 3.05. The van der Waals surface area contributed by atoms with Crippen LogP contribution in [-0.2, 0) is 6.42 Å². The molecule has 0 bridgehead atoms. The largest absolute Gasteiger partial charge is 0.496 e. The lowest BCUT2D eigenvalue weighted by molar-refractivity contribution is 0.102. The summed E-state index contributed by atoms with van der Waals surface area (Å²) in [5.41, 5.74) is 2.85. The molecule has 0 aliphatic carbocycles. The first-order chi connectivity index (χ1) is 13.7. The molecule has 0 aliphatic heterocycles. The highest BCUT2D eigenvalue weighted by Crippen LogP contribution is 2.27. The van der Waals surface area contributed by atoms with Crippen molar-refractivity contribution >= 4 is 22.6 Å². The van der Waals surface area contributed by atoms with E-state index in [0.717, 1.165) is 29.5 Å². The zero-order valence-electron chi connectivity index (χ0n) is 15.5. The molecule has 0 radical (unpaired) electrons. The molecule has 0 atom stereocenters. The molecule has 2 aromatic heterocycles. The molecular weight excluding hydrogens is 358 g/mol. The van der Waals surface area contributed by atoms with E-state index < -0.39 is 0 Å². The van der Waals surface area contributed by atoms with Crippen LogP contribution >= 0.6 is 0 Å². The van der Waals surface area contributed by atoms with Gasteiger partial charge in [-0.05, 0) is 41.5 Å². The number of H-pyrrole nitrogens is 1. The second-order valence-corrected chi connectivity index (χ2v) is 6.33. The Hall–Kier alpha value is -3.68. The van der Waals surface area contributed by atoms with Crippen molar-refractivity contribution in [1.29, 1.82) is 0 Å². The molecule has 4 aromatic rings. The molecule has 0 saturated heterocycles. The number of fused-ring (bicyclic) bond motifs is 1. The number of rotatable bonds is 6. The summed E-state index contributed by atoms with van der Waals surface area (Å²) in [6.45, 7) is 2.12. The van der Waals surface area contributed by atoms with Gasteiger partial charge in [0, 0.05) is 22.7 Å². The highest BCUT2D eigenvalue weighted by atomic mass is 16.5. The minimum absolute atomic E-state index is 0.232. The number of aryl methyl sites for hydroxylation is 1. The fourth-order valence-electron chi connectivity index (χ4n) is 3.05. The van der Waals surface area contributed by atoms with Gasteiger partial charge in [0.1, 0.15) is 11.3 Å². The summed E-state index contributed by atoms with van der Waals surface area (Å²) in [5, 5.41) is 17.5. The van der Waals surface area contributed by atoms with Crippen LogP contribution in [0.4, 0.5) is 5.69 Å². The first-order valence-corrected chi connectivity index (χ1v) is 8.93.